The van der Waals surface area contributed by atoms with Gasteiger partial charge < -0.3 is 9.80 Å². The first-order valence-corrected chi connectivity index (χ1v) is 10.3. The summed E-state index contributed by atoms with van der Waals surface area (Å²) in [5.74, 6) is 0.237. The molecule has 0 bridgehead atoms. The zero-order chi connectivity index (χ0) is 21.0. The first-order chi connectivity index (χ1) is 13.7. The summed E-state index contributed by atoms with van der Waals surface area (Å²) in [5, 5.41) is 0. The van der Waals surface area contributed by atoms with E-state index in [0.29, 0.717) is 47.6 Å². The van der Waals surface area contributed by atoms with E-state index in [-0.39, 0.29) is 24.5 Å². The Morgan fingerprint density at radius 3 is 2.48 bits per heavy atom. The molecule has 0 spiro atoms. The molecule has 0 aromatic carbocycles. The van der Waals surface area contributed by atoms with Gasteiger partial charge in [-0.3, -0.25) is 9.59 Å². The van der Waals surface area contributed by atoms with Gasteiger partial charge in [0.25, 0.3) is 0 Å². The standard InChI is InChI=1S/C19H19ClF3N3O2S/c20-16-5-4-15(29-16)14(27)3-7-18(28)26-9-1-8-25(10-11-26)17-6-2-13(12-24-17)19(21,22)23/h2,4-6,12H,1,3,7-11H2. The number of anilines is 1. The number of ketones is 1. The van der Waals surface area contributed by atoms with Crippen LogP contribution in [0.1, 0.15) is 34.5 Å². The van der Waals surface area contributed by atoms with Gasteiger partial charge in [0.15, 0.2) is 5.78 Å². The molecule has 1 amide bonds. The van der Waals surface area contributed by atoms with Crippen molar-refractivity contribution < 1.29 is 22.8 Å². The number of aromatic nitrogens is 1. The highest BCUT2D eigenvalue weighted by atomic mass is 35.5. The van der Waals surface area contributed by atoms with Crippen molar-refractivity contribution in [2.45, 2.75) is 25.4 Å². The highest BCUT2D eigenvalue weighted by molar-refractivity contribution is 7.18. The minimum atomic E-state index is -4.42. The minimum absolute atomic E-state index is 0.108. The molecule has 10 heteroatoms. The molecule has 156 valence electrons. The van der Waals surface area contributed by atoms with Crippen LogP contribution in [0.25, 0.3) is 0 Å². The van der Waals surface area contributed by atoms with Crippen LogP contribution in [0.3, 0.4) is 0 Å². The number of rotatable bonds is 5. The molecule has 0 saturated carbocycles. The van der Waals surface area contributed by atoms with Crippen molar-refractivity contribution in [1.29, 1.82) is 0 Å². The molecule has 0 N–H and O–H groups in total. The van der Waals surface area contributed by atoms with Crippen LogP contribution >= 0.6 is 22.9 Å². The molecule has 1 aliphatic rings. The second-order valence-corrected chi connectivity index (χ2v) is 8.37. The third-order valence-corrected chi connectivity index (χ3v) is 5.93. The van der Waals surface area contributed by atoms with E-state index in [1.807, 2.05) is 4.90 Å². The number of amides is 1. The predicted molar refractivity (Wildman–Crippen MR) is 106 cm³/mol. The Morgan fingerprint density at radius 1 is 1.07 bits per heavy atom. The van der Waals surface area contributed by atoms with Crippen molar-refractivity contribution in [3.63, 3.8) is 0 Å². The second-order valence-electron chi connectivity index (χ2n) is 6.65. The number of nitrogens with zero attached hydrogens (tertiary/aromatic N) is 3. The largest absolute Gasteiger partial charge is 0.417 e. The molecule has 2 aromatic rings. The summed E-state index contributed by atoms with van der Waals surface area (Å²) in [6.45, 7) is 2.03. The van der Waals surface area contributed by atoms with Gasteiger partial charge in [0, 0.05) is 45.2 Å². The van der Waals surface area contributed by atoms with Gasteiger partial charge in [-0.25, -0.2) is 4.98 Å². The number of alkyl halides is 3. The third-order valence-electron chi connectivity index (χ3n) is 4.66. The number of carbonyl (C=O) groups excluding carboxylic acids is 2. The van der Waals surface area contributed by atoms with Gasteiger partial charge in [-0.05, 0) is 30.7 Å². The van der Waals surface area contributed by atoms with Gasteiger partial charge >= 0.3 is 6.18 Å². The van der Waals surface area contributed by atoms with Crippen molar-refractivity contribution in [1.82, 2.24) is 9.88 Å². The Morgan fingerprint density at radius 2 is 1.86 bits per heavy atom. The monoisotopic (exact) mass is 445 g/mol. The van der Waals surface area contributed by atoms with Crippen LogP contribution < -0.4 is 4.90 Å². The Bertz CT molecular complexity index is 870. The fraction of sp³-hybridized carbons (Fsp3) is 0.421. The van der Waals surface area contributed by atoms with Crippen LogP contribution in [0.4, 0.5) is 19.0 Å². The minimum Gasteiger partial charge on any atom is -0.355 e. The zero-order valence-electron chi connectivity index (χ0n) is 15.4. The van der Waals surface area contributed by atoms with Crippen molar-refractivity contribution in [3.05, 3.63) is 45.2 Å². The summed E-state index contributed by atoms with van der Waals surface area (Å²) in [4.78, 5) is 32.6. The molecular weight excluding hydrogens is 427 g/mol. The SMILES string of the molecule is O=C(CCC(=O)N1CCCN(c2ccc(C(F)(F)F)cn2)CC1)c1ccc(Cl)s1. The van der Waals surface area contributed by atoms with Crippen molar-refractivity contribution in [2.24, 2.45) is 0 Å². The molecular formula is C19H19ClF3N3O2S. The predicted octanol–water partition coefficient (Wildman–Crippen LogP) is 4.52. The topological polar surface area (TPSA) is 53.5 Å². The fourth-order valence-corrected chi connectivity index (χ4v) is 4.11. The summed E-state index contributed by atoms with van der Waals surface area (Å²) < 4.78 is 38.6. The maximum atomic E-state index is 12.7. The van der Waals surface area contributed by atoms with Gasteiger partial charge in [-0.15, -0.1) is 11.3 Å². The van der Waals surface area contributed by atoms with Crippen LogP contribution in [0, 0.1) is 0 Å². The van der Waals surface area contributed by atoms with Gasteiger partial charge in [0.05, 0.1) is 14.8 Å². The molecule has 1 aliphatic heterocycles. The van der Waals surface area contributed by atoms with Crippen molar-refractivity contribution in [3.8, 4) is 0 Å². The average molecular weight is 446 g/mol. The smallest absolute Gasteiger partial charge is 0.355 e. The Labute approximate surface area is 175 Å². The number of pyridine rings is 1. The Kier molecular flexibility index (Phi) is 6.79. The van der Waals surface area contributed by atoms with Gasteiger partial charge in [0.1, 0.15) is 5.82 Å². The van der Waals surface area contributed by atoms with E-state index in [4.69, 9.17) is 11.6 Å². The summed E-state index contributed by atoms with van der Waals surface area (Å²) in [6.07, 6.45) is -2.68. The van der Waals surface area contributed by atoms with E-state index in [0.717, 1.165) is 12.3 Å². The van der Waals surface area contributed by atoms with Crippen LogP contribution in [0.2, 0.25) is 4.34 Å². The Balaban J connectivity index is 1.52. The van der Waals surface area contributed by atoms with E-state index < -0.39 is 11.7 Å². The maximum absolute atomic E-state index is 12.7. The van der Waals surface area contributed by atoms with Crippen LogP contribution in [0.5, 0.6) is 0 Å². The number of halogens is 4. The van der Waals surface area contributed by atoms with E-state index in [1.54, 1.807) is 17.0 Å². The molecule has 2 aromatic heterocycles. The number of Topliss-reactive ketones (excluding diaryl/α,β-unsaturated/α-hetero) is 1. The van der Waals surface area contributed by atoms with Gasteiger partial charge in [-0.2, -0.15) is 13.2 Å². The molecule has 0 atom stereocenters. The molecule has 1 fully saturated rings. The number of hydrogen-bond donors (Lipinski definition) is 0. The normalized spacial score (nSPS) is 15.3. The number of carbonyl (C=O) groups is 2. The molecule has 0 unspecified atom stereocenters. The van der Waals surface area contributed by atoms with Gasteiger partial charge in [0.2, 0.25) is 5.91 Å². The van der Waals surface area contributed by atoms with Crippen LogP contribution in [-0.2, 0) is 11.0 Å². The highest BCUT2D eigenvalue weighted by Gasteiger charge is 2.31. The van der Waals surface area contributed by atoms with Crippen LogP contribution in [-0.4, -0.2) is 47.8 Å². The molecule has 0 radical (unpaired) electrons. The summed E-state index contributed by atoms with van der Waals surface area (Å²) in [6, 6.07) is 5.67. The summed E-state index contributed by atoms with van der Waals surface area (Å²) in [5.41, 5.74) is -0.787. The summed E-state index contributed by atoms with van der Waals surface area (Å²) in [7, 11) is 0. The van der Waals surface area contributed by atoms with Crippen molar-refractivity contribution >= 4 is 40.4 Å². The molecule has 3 rings (SSSR count). The lowest BCUT2D eigenvalue weighted by molar-refractivity contribution is -0.137. The highest BCUT2D eigenvalue weighted by Crippen LogP contribution is 2.29. The molecule has 3 heterocycles. The zero-order valence-corrected chi connectivity index (χ0v) is 17.0. The van der Waals surface area contributed by atoms with Crippen molar-refractivity contribution in [2.75, 3.05) is 31.1 Å². The quantitative estimate of drug-likeness (QED) is 0.635. The third kappa shape index (κ3) is 5.70. The Hall–Kier alpha value is -2.13. The molecule has 29 heavy (non-hydrogen) atoms. The van der Waals surface area contributed by atoms with Crippen LogP contribution in [0.15, 0.2) is 30.5 Å². The second kappa shape index (κ2) is 9.13. The lowest BCUT2D eigenvalue weighted by atomic mass is 10.2. The van der Waals surface area contributed by atoms with E-state index in [9.17, 15) is 22.8 Å². The lowest BCUT2D eigenvalue weighted by Crippen LogP contribution is -2.35. The first kappa shape index (κ1) is 21.6. The summed E-state index contributed by atoms with van der Waals surface area (Å²) >= 11 is 7.02. The maximum Gasteiger partial charge on any atom is 0.417 e. The number of hydrogen-bond acceptors (Lipinski definition) is 5. The molecule has 1 saturated heterocycles. The molecule has 0 aliphatic carbocycles. The first-order valence-electron chi connectivity index (χ1n) is 9.08. The lowest BCUT2D eigenvalue weighted by Gasteiger charge is -2.23. The van der Waals surface area contributed by atoms with Gasteiger partial charge in [-0.1, -0.05) is 11.6 Å². The molecule has 5 nitrogen and oxygen atoms in total. The van der Waals surface area contributed by atoms with E-state index in [2.05, 4.69) is 4.98 Å². The number of thiophene rings is 1. The van der Waals surface area contributed by atoms with E-state index in [1.165, 1.54) is 17.4 Å². The fourth-order valence-electron chi connectivity index (χ4n) is 3.10. The van der Waals surface area contributed by atoms with E-state index >= 15 is 0 Å². The average Bonchev–Trinajstić information content (AvgIpc) is 2.97.